The molecule has 0 fully saturated rings. The Hall–Kier alpha value is -3.61. The molecule has 0 bridgehead atoms. The summed E-state index contributed by atoms with van der Waals surface area (Å²) < 4.78 is 5.15. The predicted molar refractivity (Wildman–Crippen MR) is 104 cm³/mol. The van der Waals surface area contributed by atoms with Gasteiger partial charge < -0.3 is 20.5 Å². The molecule has 0 amide bonds. The Bertz CT molecular complexity index is 913. The van der Waals surface area contributed by atoms with Crippen molar-refractivity contribution >= 4 is 23.4 Å². The van der Waals surface area contributed by atoms with Gasteiger partial charge in [-0.15, -0.1) is 0 Å². The second-order valence-corrected chi connectivity index (χ2v) is 5.80. The average molecular weight is 364 g/mol. The number of aromatic carboxylic acids is 1. The number of nitrogens with zero attached hydrogens (tertiary/aromatic N) is 2. The van der Waals surface area contributed by atoms with Crippen molar-refractivity contribution in [1.82, 2.24) is 9.97 Å². The minimum Gasteiger partial charge on any atom is -0.497 e. The second kappa shape index (κ2) is 8.66. The lowest BCUT2D eigenvalue weighted by Crippen LogP contribution is -2.08. The lowest BCUT2D eigenvalue weighted by molar-refractivity contribution is 0.0697. The Morgan fingerprint density at radius 2 is 1.96 bits per heavy atom. The molecule has 27 heavy (non-hydrogen) atoms. The molecule has 138 valence electrons. The van der Waals surface area contributed by atoms with Gasteiger partial charge in [-0.3, -0.25) is 0 Å². The highest BCUT2D eigenvalue weighted by atomic mass is 16.5. The molecule has 0 saturated heterocycles. The highest BCUT2D eigenvalue weighted by molar-refractivity contribution is 5.89. The molecule has 0 aliphatic carbocycles. The first kappa shape index (κ1) is 18.2. The third-order valence-corrected chi connectivity index (χ3v) is 3.89. The van der Waals surface area contributed by atoms with Crippen LogP contribution in [0, 0.1) is 0 Å². The molecule has 0 aliphatic rings. The number of nitrogens with one attached hydrogen (secondary N) is 2. The van der Waals surface area contributed by atoms with E-state index in [0.717, 1.165) is 12.2 Å². The topological polar surface area (TPSA) is 96.4 Å². The van der Waals surface area contributed by atoms with Crippen LogP contribution in [0.15, 0.2) is 60.8 Å². The molecule has 1 heterocycles. The van der Waals surface area contributed by atoms with E-state index in [-0.39, 0.29) is 5.56 Å². The molecular weight excluding hydrogens is 344 g/mol. The SMILES string of the molecule is COc1ccc(CCNc2nccc(Nc3cccc(C(=O)O)c3)n2)cc1. The van der Waals surface area contributed by atoms with Crippen LogP contribution >= 0.6 is 0 Å². The lowest BCUT2D eigenvalue weighted by Gasteiger charge is -2.09. The zero-order chi connectivity index (χ0) is 19.1. The van der Waals surface area contributed by atoms with Crippen molar-refractivity contribution in [2.45, 2.75) is 6.42 Å². The van der Waals surface area contributed by atoms with Crippen molar-refractivity contribution < 1.29 is 14.6 Å². The minimum atomic E-state index is -0.970. The molecule has 0 radical (unpaired) electrons. The summed E-state index contributed by atoms with van der Waals surface area (Å²) in [6.45, 7) is 0.685. The fourth-order valence-corrected chi connectivity index (χ4v) is 2.50. The van der Waals surface area contributed by atoms with Crippen molar-refractivity contribution in [3.8, 4) is 5.75 Å². The Morgan fingerprint density at radius 1 is 1.15 bits per heavy atom. The molecule has 0 atom stereocenters. The number of carboxylic acids is 1. The highest BCUT2D eigenvalue weighted by Gasteiger charge is 2.05. The molecule has 2 aromatic carbocycles. The first-order valence-corrected chi connectivity index (χ1v) is 8.44. The molecular formula is C20H20N4O3. The quantitative estimate of drug-likeness (QED) is 0.562. The van der Waals surface area contributed by atoms with E-state index >= 15 is 0 Å². The van der Waals surface area contributed by atoms with Crippen LogP contribution in [0.5, 0.6) is 5.75 Å². The molecule has 3 rings (SSSR count). The molecule has 7 heteroatoms. The van der Waals surface area contributed by atoms with Gasteiger partial charge in [-0.2, -0.15) is 4.98 Å². The number of hydrogen-bond acceptors (Lipinski definition) is 6. The Balaban J connectivity index is 1.58. The molecule has 0 spiro atoms. The summed E-state index contributed by atoms with van der Waals surface area (Å²) in [5.41, 5.74) is 2.05. The number of methoxy groups -OCH3 is 1. The van der Waals surface area contributed by atoms with Gasteiger partial charge in [0.25, 0.3) is 0 Å². The van der Waals surface area contributed by atoms with Gasteiger partial charge in [0, 0.05) is 18.4 Å². The number of anilines is 3. The van der Waals surface area contributed by atoms with E-state index in [1.807, 2.05) is 24.3 Å². The number of carbonyl (C=O) groups is 1. The largest absolute Gasteiger partial charge is 0.497 e. The van der Waals surface area contributed by atoms with Gasteiger partial charge in [-0.1, -0.05) is 18.2 Å². The molecule has 1 aromatic heterocycles. The van der Waals surface area contributed by atoms with E-state index in [1.54, 1.807) is 43.6 Å². The van der Waals surface area contributed by atoms with Crippen LogP contribution in [0.25, 0.3) is 0 Å². The van der Waals surface area contributed by atoms with Gasteiger partial charge in [0.1, 0.15) is 11.6 Å². The monoisotopic (exact) mass is 364 g/mol. The maximum absolute atomic E-state index is 11.1. The van der Waals surface area contributed by atoms with Crippen LogP contribution in [0.1, 0.15) is 15.9 Å². The number of ether oxygens (including phenoxy) is 1. The van der Waals surface area contributed by atoms with E-state index in [0.29, 0.717) is 24.0 Å². The van der Waals surface area contributed by atoms with Crippen LogP contribution in [0.2, 0.25) is 0 Å². The number of benzene rings is 2. The molecule has 3 N–H and O–H groups in total. The van der Waals surface area contributed by atoms with Crippen molar-refractivity contribution in [2.75, 3.05) is 24.3 Å². The summed E-state index contributed by atoms with van der Waals surface area (Å²) in [4.78, 5) is 19.7. The molecule has 7 nitrogen and oxygen atoms in total. The van der Waals surface area contributed by atoms with Crippen LogP contribution in [0.3, 0.4) is 0 Å². The summed E-state index contributed by atoms with van der Waals surface area (Å²) in [5, 5.41) is 15.4. The second-order valence-electron chi connectivity index (χ2n) is 5.80. The Labute approximate surface area is 157 Å². The van der Waals surface area contributed by atoms with Crippen LogP contribution in [-0.4, -0.2) is 34.7 Å². The first-order valence-electron chi connectivity index (χ1n) is 8.44. The van der Waals surface area contributed by atoms with Crippen molar-refractivity contribution in [3.63, 3.8) is 0 Å². The lowest BCUT2D eigenvalue weighted by atomic mass is 10.1. The zero-order valence-electron chi connectivity index (χ0n) is 14.8. The standard InChI is InChI=1S/C20H20N4O3/c1-27-17-7-5-14(6-8-17)9-11-21-20-22-12-10-18(24-20)23-16-4-2-3-15(13-16)19(25)26/h2-8,10,12-13H,9,11H2,1H3,(H,25,26)(H2,21,22,23,24). The summed E-state index contributed by atoms with van der Waals surface area (Å²) in [6, 6.07) is 16.2. The maximum Gasteiger partial charge on any atom is 0.335 e. The third-order valence-electron chi connectivity index (χ3n) is 3.89. The predicted octanol–water partition coefficient (Wildman–Crippen LogP) is 3.58. The fraction of sp³-hybridized carbons (Fsp3) is 0.150. The smallest absolute Gasteiger partial charge is 0.335 e. The highest BCUT2D eigenvalue weighted by Crippen LogP contribution is 2.17. The molecule has 0 aliphatic heterocycles. The maximum atomic E-state index is 11.1. The molecule has 0 unspecified atom stereocenters. The van der Waals surface area contributed by atoms with Crippen molar-refractivity contribution in [3.05, 3.63) is 71.9 Å². The van der Waals surface area contributed by atoms with Gasteiger partial charge >= 0.3 is 5.97 Å². The number of carboxylic acid groups (broad SMARTS) is 1. The molecule has 3 aromatic rings. The van der Waals surface area contributed by atoms with E-state index in [1.165, 1.54) is 5.56 Å². The van der Waals surface area contributed by atoms with Crippen molar-refractivity contribution in [1.29, 1.82) is 0 Å². The Kier molecular flexibility index (Phi) is 5.84. The summed E-state index contributed by atoms with van der Waals surface area (Å²) in [6.07, 6.45) is 2.47. The van der Waals surface area contributed by atoms with Gasteiger partial charge in [-0.05, 0) is 48.4 Å². The summed E-state index contributed by atoms with van der Waals surface area (Å²) in [5.74, 6) is 0.949. The normalized spacial score (nSPS) is 10.3. The third kappa shape index (κ3) is 5.18. The Morgan fingerprint density at radius 3 is 2.70 bits per heavy atom. The zero-order valence-corrected chi connectivity index (χ0v) is 14.8. The van der Waals surface area contributed by atoms with Crippen molar-refractivity contribution in [2.24, 2.45) is 0 Å². The van der Waals surface area contributed by atoms with Crippen LogP contribution < -0.4 is 15.4 Å². The van der Waals surface area contributed by atoms with Crippen LogP contribution in [0.4, 0.5) is 17.5 Å². The van der Waals surface area contributed by atoms with E-state index in [9.17, 15) is 4.79 Å². The molecule has 0 saturated carbocycles. The fourth-order valence-electron chi connectivity index (χ4n) is 2.50. The van der Waals surface area contributed by atoms with Gasteiger partial charge in [0.2, 0.25) is 5.95 Å². The summed E-state index contributed by atoms with van der Waals surface area (Å²) >= 11 is 0. The van der Waals surface area contributed by atoms with Gasteiger partial charge in [0.15, 0.2) is 0 Å². The van der Waals surface area contributed by atoms with E-state index in [2.05, 4.69) is 20.6 Å². The van der Waals surface area contributed by atoms with Gasteiger partial charge in [0.05, 0.1) is 12.7 Å². The average Bonchev–Trinajstić information content (AvgIpc) is 2.69. The first-order chi connectivity index (χ1) is 13.1. The minimum absolute atomic E-state index is 0.215. The van der Waals surface area contributed by atoms with E-state index < -0.39 is 5.97 Å². The number of aromatic nitrogens is 2. The van der Waals surface area contributed by atoms with Crippen LogP contribution in [-0.2, 0) is 6.42 Å². The number of rotatable bonds is 8. The number of hydrogen-bond donors (Lipinski definition) is 3. The van der Waals surface area contributed by atoms with E-state index in [4.69, 9.17) is 9.84 Å². The van der Waals surface area contributed by atoms with Gasteiger partial charge in [-0.25, -0.2) is 9.78 Å². The summed E-state index contributed by atoms with van der Waals surface area (Å²) in [7, 11) is 1.65.